The van der Waals surface area contributed by atoms with Crippen molar-refractivity contribution in [3.63, 3.8) is 0 Å². The van der Waals surface area contributed by atoms with Crippen molar-refractivity contribution in [1.82, 2.24) is 10.3 Å². The first-order valence-corrected chi connectivity index (χ1v) is 12.3. The fourth-order valence-corrected chi connectivity index (χ4v) is 4.36. The summed E-state index contributed by atoms with van der Waals surface area (Å²) in [6, 6.07) is 12.8. The molecule has 2 amide bonds. The van der Waals surface area contributed by atoms with E-state index in [9.17, 15) is 24.2 Å². The molecule has 0 aliphatic heterocycles. The molecule has 0 aliphatic carbocycles. The van der Waals surface area contributed by atoms with E-state index in [1.54, 1.807) is 48.9 Å². The second-order valence-electron chi connectivity index (χ2n) is 8.50. The first-order valence-electron chi connectivity index (χ1n) is 11.3. The lowest BCUT2D eigenvalue weighted by molar-refractivity contribution is 0.0793. The normalized spacial score (nSPS) is 13.1. The van der Waals surface area contributed by atoms with Crippen LogP contribution in [0.25, 0.3) is 0 Å². The Balaban J connectivity index is 1.65. The number of nitrogens with one attached hydrogen (secondary N) is 2. The highest BCUT2D eigenvalue weighted by atomic mass is 32.1. The lowest BCUT2D eigenvalue weighted by Crippen LogP contribution is -2.35. The number of halogens is 1. The van der Waals surface area contributed by atoms with Gasteiger partial charge in [0.25, 0.3) is 11.8 Å². The number of benzene rings is 2. The Morgan fingerprint density at radius 1 is 1.06 bits per heavy atom. The van der Waals surface area contributed by atoms with Crippen LogP contribution in [0.1, 0.15) is 45.7 Å². The zero-order valence-electron chi connectivity index (χ0n) is 20.0. The topological polar surface area (TPSA) is 114 Å². The number of anilines is 1. The minimum absolute atomic E-state index is 0.251. The fraction of sp³-hybridized carbons (Fsp3) is 0.269. The largest absolute Gasteiger partial charge is 0.392 e. The molecule has 1 heterocycles. The molecule has 0 fully saturated rings. The number of hydrogen-bond donors (Lipinski definition) is 4. The van der Waals surface area contributed by atoms with E-state index in [0.29, 0.717) is 36.4 Å². The quantitative estimate of drug-likeness (QED) is 0.232. The molecule has 1 aromatic heterocycles. The average molecular weight is 513 g/mol. The molecule has 4 N–H and O–H groups in total. The number of rotatable bonds is 11. The summed E-state index contributed by atoms with van der Waals surface area (Å²) in [7, 11) is 0. The summed E-state index contributed by atoms with van der Waals surface area (Å²) in [6.45, 7) is 4.58. The van der Waals surface area contributed by atoms with Crippen LogP contribution in [-0.2, 0) is 6.54 Å². The van der Waals surface area contributed by atoms with E-state index in [1.807, 2.05) is 11.0 Å². The van der Waals surface area contributed by atoms with Gasteiger partial charge in [-0.25, -0.2) is 9.82 Å². The third-order valence-electron chi connectivity index (χ3n) is 5.02. The standard InChI is InChI=1S/C26H29FN4O4S/c1-17(32)12-31(13-18(2)33)14-20-6-3-7-21(9-20)25(34)29-24-16-36-15-23(24)26(35)30-28-11-19-5-4-8-22(27)10-19/h3-11,15-18,32-33H,12-14H2,1-2H3,(H,29,34)(H,30,35). The van der Waals surface area contributed by atoms with Crippen LogP contribution in [0.15, 0.2) is 64.4 Å². The maximum absolute atomic E-state index is 13.3. The number of hydrazone groups is 1. The first-order chi connectivity index (χ1) is 17.2. The van der Waals surface area contributed by atoms with Gasteiger partial charge in [0.1, 0.15) is 5.82 Å². The van der Waals surface area contributed by atoms with Crippen LogP contribution in [0.4, 0.5) is 10.1 Å². The molecule has 3 aromatic rings. The first kappa shape index (κ1) is 27.2. The molecule has 2 unspecified atom stereocenters. The van der Waals surface area contributed by atoms with Crippen LogP contribution >= 0.6 is 11.3 Å². The van der Waals surface area contributed by atoms with E-state index >= 15 is 0 Å². The molecule has 190 valence electrons. The molecule has 2 aromatic carbocycles. The van der Waals surface area contributed by atoms with Crippen molar-refractivity contribution in [1.29, 1.82) is 0 Å². The maximum Gasteiger partial charge on any atom is 0.274 e. The Morgan fingerprint density at radius 3 is 2.47 bits per heavy atom. The minimum atomic E-state index is -0.559. The number of thiophene rings is 1. The van der Waals surface area contributed by atoms with Gasteiger partial charge >= 0.3 is 0 Å². The van der Waals surface area contributed by atoms with Gasteiger partial charge in [-0.05, 0) is 49.2 Å². The molecular weight excluding hydrogens is 483 g/mol. The smallest absolute Gasteiger partial charge is 0.274 e. The van der Waals surface area contributed by atoms with E-state index < -0.39 is 23.9 Å². The molecule has 8 nitrogen and oxygen atoms in total. The molecule has 0 saturated heterocycles. The van der Waals surface area contributed by atoms with Crippen molar-refractivity contribution in [2.45, 2.75) is 32.6 Å². The molecule has 10 heteroatoms. The molecular formula is C26H29FN4O4S. The summed E-state index contributed by atoms with van der Waals surface area (Å²) in [4.78, 5) is 27.4. The third-order valence-corrected chi connectivity index (χ3v) is 5.77. The van der Waals surface area contributed by atoms with Crippen molar-refractivity contribution in [3.8, 4) is 0 Å². The Hall–Kier alpha value is -3.44. The van der Waals surface area contributed by atoms with Crippen molar-refractivity contribution in [3.05, 3.63) is 87.4 Å². The zero-order valence-corrected chi connectivity index (χ0v) is 20.8. The van der Waals surface area contributed by atoms with Crippen molar-refractivity contribution >= 4 is 35.1 Å². The molecule has 0 saturated carbocycles. The Bertz CT molecular complexity index is 1200. The van der Waals surface area contributed by atoms with Crippen LogP contribution < -0.4 is 10.7 Å². The molecule has 0 aliphatic rings. The van der Waals surface area contributed by atoms with Gasteiger partial charge in [-0.15, -0.1) is 11.3 Å². The summed E-state index contributed by atoms with van der Waals surface area (Å²) < 4.78 is 13.3. The van der Waals surface area contributed by atoms with Crippen molar-refractivity contribution in [2.75, 3.05) is 18.4 Å². The number of amides is 2. The van der Waals surface area contributed by atoms with Gasteiger partial charge in [-0.2, -0.15) is 5.10 Å². The number of aliphatic hydroxyl groups is 2. The Labute approximate surface area is 213 Å². The second kappa shape index (κ2) is 13.0. The number of hydrogen-bond acceptors (Lipinski definition) is 7. The molecule has 2 atom stereocenters. The van der Waals surface area contributed by atoms with Gasteiger partial charge in [0.05, 0.1) is 29.7 Å². The highest BCUT2D eigenvalue weighted by Crippen LogP contribution is 2.22. The Kier molecular flexibility index (Phi) is 9.83. The summed E-state index contributed by atoms with van der Waals surface area (Å²) >= 11 is 1.26. The molecule has 0 radical (unpaired) electrons. The Morgan fingerprint density at radius 2 is 1.78 bits per heavy atom. The molecule has 36 heavy (non-hydrogen) atoms. The highest BCUT2D eigenvalue weighted by molar-refractivity contribution is 7.08. The summed E-state index contributed by atoms with van der Waals surface area (Å²) in [6.07, 6.45) is 0.211. The van der Waals surface area contributed by atoms with E-state index in [-0.39, 0.29) is 11.5 Å². The van der Waals surface area contributed by atoms with Gasteiger partial charge in [0.15, 0.2) is 0 Å². The van der Waals surface area contributed by atoms with Crippen LogP contribution in [-0.4, -0.2) is 58.4 Å². The number of nitrogens with zero attached hydrogens (tertiary/aromatic N) is 2. The third kappa shape index (κ3) is 8.35. The van der Waals surface area contributed by atoms with Gasteiger partial charge in [-0.1, -0.05) is 24.3 Å². The van der Waals surface area contributed by atoms with Gasteiger partial charge in [0, 0.05) is 36.0 Å². The fourth-order valence-electron chi connectivity index (χ4n) is 3.60. The number of aliphatic hydroxyl groups excluding tert-OH is 2. The van der Waals surface area contributed by atoms with Gasteiger partial charge in [-0.3, -0.25) is 14.5 Å². The number of carbonyl (C=O) groups is 2. The van der Waals surface area contributed by atoms with Crippen LogP contribution in [0.3, 0.4) is 0 Å². The molecule has 0 spiro atoms. The minimum Gasteiger partial charge on any atom is -0.392 e. The molecule has 0 bridgehead atoms. The van der Waals surface area contributed by atoms with E-state index in [1.165, 1.54) is 35.8 Å². The van der Waals surface area contributed by atoms with Crippen molar-refractivity contribution in [2.24, 2.45) is 5.10 Å². The number of carbonyl (C=O) groups excluding carboxylic acids is 2. The van der Waals surface area contributed by atoms with E-state index in [0.717, 1.165) is 5.56 Å². The summed E-state index contributed by atoms with van der Waals surface area (Å²) in [5, 5.41) is 29.4. The predicted octanol–water partition coefficient (Wildman–Crippen LogP) is 3.47. The van der Waals surface area contributed by atoms with E-state index in [4.69, 9.17) is 0 Å². The van der Waals surface area contributed by atoms with Gasteiger partial charge < -0.3 is 15.5 Å². The van der Waals surface area contributed by atoms with Crippen LogP contribution in [0.2, 0.25) is 0 Å². The second-order valence-corrected chi connectivity index (χ2v) is 9.24. The zero-order chi connectivity index (χ0) is 26.1. The predicted molar refractivity (Wildman–Crippen MR) is 139 cm³/mol. The SMILES string of the molecule is CC(O)CN(Cc1cccc(C(=O)Nc2cscc2C(=O)NN=Cc2cccc(F)c2)c1)CC(C)O. The van der Waals surface area contributed by atoms with Crippen LogP contribution in [0.5, 0.6) is 0 Å². The lowest BCUT2D eigenvalue weighted by atomic mass is 10.1. The lowest BCUT2D eigenvalue weighted by Gasteiger charge is -2.25. The van der Waals surface area contributed by atoms with E-state index in [2.05, 4.69) is 15.8 Å². The monoisotopic (exact) mass is 512 g/mol. The van der Waals surface area contributed by atoms with Gasteiger partial charge in [0.2, 0.25) is 0 Å². The summed E-state index contributed by atoms with van der Waals surface area (Å²) in [5.74, 6) is -1.30. The molecule has 3 rings (SSSR count). The average Bonchev–Trinajstić information content (AvgIpc) is 3.26. The highest BCUT2D eigenvalue weighted by Gasteiger charge is 2.17. The maximum atomic E-state index is 13.3. The van der Waals surface area contributed by atoms with Crippen molar-refractivity contribution < 1.29 is 24.2 Å². The summed E-state index contributed by atoms with van der Waals surface area (Å²) in [5.41, 5.74) is 4.73. The van der Waals surface area contributed by atoms with Crippen LogP contribution in [0, 0.1) is 5.82 Å².